The van der Waals surface area contributed by atoms with Crippen LogP contribution in [-0.2, 0) is 24.3 Å². The van der Waals surface area contributed by atoms with E-state index >= 15 is 0 Å². The van der Waals surface area contributed by atoms with Gasteiger partial charge in [0.25, 0.3) is 0 Å². The molecule has 0 radical (unpaired) electrons. The smallest absolute Gasteiger partial charge is 0.220 e. The first-order valence-corrected chi connectivity index (χ1v) is 10.0. The standard InChI is InChI=1S/C22H24BrN3O/c23-21-12-10-18(11-13-21)4-1-2-5-22(27)24-16-19-6-8-20(9-7-19)17-26-15-3-14-25-26/h3,6-15H,1-2,4-5,16-17H2,(H,24,27). The molecule has 3 rings (SSSR count). The first kappa shape index (κ1) is 19.4. The Labute approximate surface area is 168 Å². The van der Waals surface area contributed by atoms with Crippen molar-refractivity contribution in [3.63, 3.8) is 0 Å². The van der Waals surface area contributed by atoms with E-state index in [-0.39, 0.29) is 5.91 Å². The van der Waals surface area contributed by atoms with Gasteiger partial charge in [0.05, 0.1) is 6.54 Å². The zero-order chi connectivity index (χ0) is 18.9. The molecule has 140 valence electrons. The summed E-state index contributed by atoms with van der Waals surface area (Å²) in [4.78, 5) is 12.0. The van der Waals surface area contributed by atoms with Crippen LogP contribution in [0.4, 0.5) is 0 Å². The molecule has 0 unspecified atom stereocenters. The number of amides is 1. The van der Waals surface area contributed by atoms with Gasteiger partial charge in [0.15, 0.2) is 0 Å². The molecule has 1 N–H and O–H groups in total. The van der Waals surface area contributed by atoms with Crippen molar-refractivity contribution in [2.75, 3.05) is 0 Å². The minimum Gasteiger partial charge on any atom is -0.352 e. The number of halogens is 1. The van der Waals surface area contributed by atoms with Crippen LogP contribution in [0.2, 0.25) is 0 Å². The van der Waals surface area contributed by atoms with Crippen molar-refractivity contribution in [1.82, 2.24) is 15.1 Å². The largest absolute Gasteiger partial charge is 0.352 e. The van der Waals surface area contributed by atoms with Crippen molar-refractivity contribution < 1.29 is 4.79 Å². The summed E-state index contributed by atoms with van der Waals surface area (Å²) in [6.45, 7) is 1.34. The third-order valence-corrected chi connectivity index (χ3v) is 4.98. The van der Waals surface area contributed by atoms with Crippen LogP contribution >= 0.6 is 15.9 Å². The number of hydrogen-bond donors (Lipinski definition) is 1. The fraction of sp³-hybridized carbons (Fsp3) is 0.273. The fourth-order valence-corrected chi connectivity index (χ4v) is 3.16. The monoisotopic (exact) mass is 425 g/mol. The molecule has 0 fully saturated rings. The molecule has 2 aromatic carbocycles. The molecule has 1 aromatic heterocycles. The molecule has 0 aliphatic rings. The Morgan fingerprint density at radius 1 is 0.963 bits per heavy atom. The van der Waals surface area contributed by atoms with Crippen LogP contribution in [0, 0.1) is 0 Å². The Morgan fingerprint density at radius 3 is 2.37 bits per heavy atom. The highest BCUT2D eigenvalue weighted by Crippen LogP contribution is 2.13. The van der Waals surface area contributed by atoms with E-state index in [9.17, 15) is 4.79 Å². The Bertz CT molecular complexity index is 827. The van der Waals surface area contributed by atoms with Gasteiger partial charge in [-0.25, -0.2) is 0 Å². The van der Waals surface area contributed by atoms with Gasteiger partial charge in [0.1, 0.15) is 0 Å². The number of unbranched alkanes of at least 4 members (excludes halogenated alkanes) is 1. The molecule has 3 aromatic rings. The average Bonchev–Trinajstić information content (AvgIpc) is 3.19. The van der Waals surface area contributed by atoms with Crippen LogP contribution in [0.3, 0.4) is 0 Å². The fourth-order valence-electron chi connectivity index (χ4n) is 2.90. The molecule has 0 saturated carbocycles. The van der Waals surface area contributed by atoms with Gasteiger partial charge >= 0.3 is 0 Å². The van der Waals surface area contributed by atoms with Crippen LogP contribution in [0.15, 0.2) is 71.5 Å². The van der Waals surface area contributed by atoms with Gasteiger partial charge in [0, 0.05) is 29.8 Å². The zero-order valence-electron chi connectivity index (χ0n) is 15.3. The number of aromatic nitrogens is 2. The summed E-state index contributed by atoms with van der Waals surface area (Å²) in [6.07, 6.45) is 7.25. The molecule has 0 aliphatic carbocycles. The molecule has 0 bridgehead atoms. The normalized spacial score (nSPS) is 10.7. The number of hydrogen-bond acceptors (Lipinski definition) is 2. The predicted molar refractivity (Wildman–Crippen MR) is 111 cm³/mol. The van der Waals surface area contributed by atoms with Gasteiger partial charge in [-0.2, -0.15) is 5.10 Å². The number of carbonyl (C=O) groups is 1. The van der Waals surface area contributed by atoms with E-state index in [4.69, 9.17) is 0 Å². The first-order chi connectivity index (χ1) is 13.2. The van der Waals surface area contributed by atoms with Gasteiger partial charge < -0.3 is 5.32 Å². The summed E-state index contributed by atoms with van der Waals surface area (Å²) in [5.41, 5.74) is 3.62. The molecule has 27 heavy (non-hydrogen) atoms. The molecule has 1 heterocycles. The van der Waals surface area contributed by atoms with Gasteiger partial charge in [-0.3, -0.25) is 9.48 Å². The van der Waals surface area contributed by atoms with E-state index in [1.165, 1.54) is 11.1 Å². The SMILES string of the molecule is O=C(CCCCc1ccc(Br)cc1)NCc1ccc(Cn2cccn2)cc1. The van der Waals surface area contributed by atoms with E-state index in [0.717, 1.165) is 35.8 Å². The van der Waals surface area contributed by atoms with Crippen molar-refractivity contribution >= 4 is 21.8 Å². The summed E-state index contributed by atoms with van der Waals surface area (Å²) in [7, 11) is 0. The lowest BCUT2D eigenvalue weighted by atomic mass is 10.1. The summed E-state index contributed by atoms with van der Waals surface area (Å²) in [6, 6.07) is 18.6. The van der Waals surface area contributed by atoms with Gasteiger partial charge in [0.2, 0.25) is 5.91 Å². The maximum atomic E-state index is 12.0. The second-order valence-electron chi connectivity index (χ2n) is 6.63. The molecule has 0 atom stereocenters. The maximum absolute atomic E-state index is 12.0. The van der Waals surface area contributed by atoms with Crippen molar-refractivity contribution in [1.29, 1.82) is 0 Å². The second kappa shape index (κ2) is 10.1. The van der Waals surface area contributed by atoms with Crippen LogP contribution < -0.4 is 5.32 Å². The molecule has 4 nitrogen and oxygen atoms in total. The molecule has 0 spiro atoms. The lowest BCUT2D eigenvalue weighted by Gasteiger charge is -2.07. The lowest BCUT2D eigenvalue weighted by molar-refractivity contribution is -0.121. The van der Waals surface area contributed by atoms with Crippen molar-refractivity contribution in [3.05, 3.63) is 88.2 Å². The van der Waals surface area contributed by atoms with E-state index in [0.29, 0.717) is 13.0 Å². The van der Waals surface area contributed by atoms with E-state index in [1.807, 2.05) is 16.9 Å². The highest BCUT2D eigenvalue weighted by atomic mass is 79.9. The highest BCUT2D eigenvalue weighted by molar-refractivity contribution is 9.10. The van der Waals surface area contributed by atoms with Gasteiger partial charge in [-0.1, -0.05) is 52.3 Å². The van der Waals surface area contributed by atoms with Crippen LogP contribution in [-0.4, -0.2) is 15.7 Å². The Hall–Kier alpha value is -2.40. The molecular formula is C22H24BrN3O. The number of nitrogens with one attached hydrogen (secondary N) is 1. The second-order valence-corrected chi connectivity index (χ2v) is 7.55. The predicted octanol–water partition coefficient (Wildman–Crippen LogP) is 4.72. The zero-order valence-corrected chi connectivity index (χ0v) is 16.9. The molecule has 0 saturated heterocycles. The van der Waals surface area contributed by atoms with Crippen molar-refractivity contribution in [2.24, 2.45) is 0 Å². The highest BCUT2D eigenvalue weighted by Gasteiger charge is 2.03. The Morgan fingerprint density at radius 2 is 1.67 bits per heavy atom. The van der Waals surface area contributed by atoms with Crippen LogP contribution in [0.5, 0.6) is 0 Å². The Kier molecular flexibility index (Phi) is 7.22. The van der Waals surface area contributed by atoms with Crippen LogP contribution in [0.1, 0.15) is 36.0 Å². The molecule has 5 heteroatoms. The maximum Gasteiger partial charge on any atom is 0.220 e. The van der Waals surface area contributed by atoms with Crippen molar-refractivity contribution in [2.45, 2.75) is 38.8 Å². The summed E-state index contributed by atoms with van der Waals surface area (Å²) in [5, 5.41) is 7.22. The Balaban J connectivity index is 1.33. The minimum atomic E-state index is 0.117. The number of carbonyl (C=O) groups excluding carboxylic acids is 1. The van der Waals surface area contributed by atoms with Gasteiger partial charge in [-0.05, 0) is 54.2 Å². The minimum absolute atomic E-state index is 0.117. The quantitative estimate of drug-likeness (QED) is 0.504. The number of rotatable bonds is 9. The van der Waals surface area contributed by atoms with E-state index in [2.05, 4.69) is 74.9 Å². The number of aryl methyl sites for hydroxylation is 1. The molecule has 1 amide bonds. The summed E-state index contributed by atoms with van der Waals surface area (Å²) >= 11 is 3.44. The summed E-state index contributed by atoms with van der Waals surface area (Å²) in [5.74, 6) is 0.117. The van der Waals surface area contributed by atoms with Crippen LogP contribution in [0.25, 0.3) is 0 Å². The lowest BCUT2D eigenvalue weighted by Crippen LogP contribution is -2.22. The topological polar surface area (TPSA) is 46.9 Å². The summed E-state index contributed by atoms with van der Waals surface area (Å²) < 4.78 is 2.99. The van der Waals surface area contributed by atoms with Gasteiger partial charge in [-0.15, -0.1) is 0 Å². The number of benzene rings is 2. The van der Waals surface area contributed by atoms with E-state index in [1.54, 1.807) is 6.20 Å². The van der Waals surface area contributed by atoms with E-state index < -0.39 is 0 Å². The first-order valence-electron chi connectivity index (χ1n) is 9.25. The molecule has 0 aliphatic heterocycles. The average molecular weight is 426 g/mol. The van der Waals surface area contributed by atoms with Crippen molar-refractivity contribution in [3.8, 4) is 0 Å². The molecular weight excluding hydrogens is 402 g/mol. The number of nitrogens with zero attached hydrogens (tertiary/aromatic N) is 2. The third kappa shape index (κ3) is 6.68. The third-order valence-electron chi connectivity index (χ3n) is 4.45.